The molecule has 2 N–H and O–H groups in total. The molecule has 0 aliphatic carbocycles. The molecule has 0 saturated carbocycles. The van der Waals surface area contributed by atoms with Gasteiger partial charge in [-0.15, -0.1) is 0 Å². The van der Waals surface area contributed by atoms with Crippen LogP contribution < -0.4 is 5.32 Å². The molecule has 0 aliphatic rings. The fourth-order valence-electron chi connectivity index (χ4n) is 3.02. The van der Waals surface area contributed by atoms with Gasteiger partial charge in [0.2, 0.25) is 0 Å². The Labute approximate surface area is 171 Å². The van der Waals surface area contributed by atoms with Crippen LogP contribution in [-0.4, -0.2) is 48.8 Å². The number of aliphatic imine (C=N–C) groups is 1. The van der Waals surface area contributed by atoms with E-state index in [2.05, 4.69) is 10.3 Å². The summed E-state index contributed by atoms with van der Waals surface area (Å²) in [5.41, 5.74) is 1.96. The van der Waals surface area contributed by atoms with Crippen molar-refractivity contribution in [2.24, 2.45) is 4.99 Å². The van der Waals surface area contributed by atoms with Crippen LogP contribution in [0.25, 0.3) is 11.0 Å². The van der Waals surface area contributed by atoms with E-state index in [0.717, 1.165) is 34.8 Å². The lowest BCUT2D eigenvalue weighted by molar-refractivity contribution is 0.0330. The van der Waals surface area contributed by atoms with Crippen LogP contribution in [0.2, 0.25) is 0 Å². The summed E-state index contributed by atoms with van der Waals surface area (Å²) in [7, 11) is 1.95. The number of hydrogen-bond donors (Lipinski definition) is 2. The molecular weight excluding hydrogens is 366 g/mol. The molecule has 1 heterocycles. The number of aliphatic hydroxyl groups excluding tert-OH is 1. The molecule has 0 spiro atoms. The lowest BCUT2D eigenvalue weighted by atomic mass is 10.2. The summed E-state index contributed by atoms with van der Waals surface area (Å²) in [6, 6.07) is 19.9. The summed E-state index contributed by atoms with van der Waals surface area (Å²) in [5, 5.41) is 14.6. The average Bonchev–Trinajstić information content (AvgIpc) is 3.14. The molecule has 3 aromatic rings. The van der Waals surface area contributed by atoms with Gasteiger partial charge in [0.25, 0.3) is 0 Å². The van der Waals surface area contributed by atoms with E-state index in [1.54, 1.807) is 0 Å². The second kappa shape index (κ2) is 10.6. The van der Waals surface area contributed by atoms with Gasteiger partial charge in [-0.2, -0.15) is 0 Å². The number of ether oxygens (including phenoxy) is 1. The molecule has 6 nitrogen and oxygen atoms in total. The molecule has 0 bridgehead atoms. The van der Waals surface area contributed by atoms with Crippen LogP contribution in [0.4, 0.5) is 0 Å². The lowest BCUT2D eigenvalue weighted by Gasteiger charge is -2.21. The predicted molar refractivity (Wildman–Crippen MR) is 116 cm³/mol. The van der Waals surface area contributed by atoms with Crippen LogP contribution in [0.1, 0.15) is 18.2 Å². The largest absolute Gasteiger partial charge is 0.459 e. The van der Waals surface area contributed by atoms with E-state index < -0.39 is 6.10 Å². The molecular formula is C23H29N3O3. The Balaban J connectivity index is 1.52. The normalized spacial score (nSPS) is 12.9. The van der Waals surface area contributed by atoms with Gasteiger partial charge in [0, 0.05) is 19.0 Å². The van der Waals surface area contributed by atoms with Crippen LogP contribution in [0, 0.1) is 0 Å². The molecule has 6 heteroatoms. The van der Waals surface area contributed by atoms with Crippen molar-refractivity contribution in [2.45, 2.75) is 26.2 Å². The first-order valence-corrected chi connectivity index (χ1v) is 9.92. The smallest absolute Gasteiger partial charge is 0.194 e. The Kier molecular flexibility index (Phi) is 7.67. The summed E-state index contributed by atoms with van der Waals surface area (Å²) < 4.78 is 11.5. The van der Waals surface area contributed by atoms with E-state index in [1.165, 1.54) is 0 Å². The van der Waals surface area contributed by atoms with E-state index in [0.29, 0.717) is 13.2 Å². The topological polar surface area (TPSA) is 70.2 Å². The number of aliphatic hydroxyl groups is 1. The Morgan fingerprint density at radius 1 is 1.17 bits per heavy atom. The molecule has 0 amide bonds. The highest BCUT2D eigenvalue weighted by molar-refractivity contribution is 5.80. The summed E-state index contributed by atoms with van der Waals surface area (Å²) in [6.45, 7) is 4.33. The fourth-order valence-corrected chi connectivity index (χ4v) is 3.02. The van der Waals surface area contributed by atoms with Gasteiger partial charge in [-0.3, -0.25) is 4.99 Å². The van der Waals surface area contributed by atoms with E-state index in [9.17, 15) is 5.11 Å². The fraction of sp³-hybridized carbons (Fsp3) is 0.348. The number of guanidine groups is 1. The first-order valence-electron chi connectivity index (χ1n) is 9.92. The van der Waals surface area contributed by atoms with Crippen LogP contribution in [0.15, 0.2) is 70.1 Å². The van der Waals surface area contributed by atoms with Crippen molar-refractivity contribution in [3.8, 4) is 0 Å². The zero-order chi connectivity index (χ0) is 20.5. The third-order valence-electron chi connectivity index (χ3n) is 4.44. The highest BCUT2D eigenvalue weighted by Crippen LogP contribution is 2.19. The lowest BCUT2D eigenvalue weighted by Crippen LogP contribution is -2.39. The van der Waals surface area contributed by atoms with Crippen LogP contribution in [-0.2, 0) is 17.9 Å². The van der Waals surface area contributed by atoms with Crippen LogP contribution in [0.3, 0.4) is 0 Å². The minimum absolute atomic E-state index is 0.241. The molecule has 1 aromatic heterocycles. The first kappa shape index (κ1) is 20.9. The van der Waals surface area contributed by atoms with Crippen LogP contribution >= 0.6 is 0 Å². The summed E-state index contributed by atoms with van der Waals surface area (Å²) in [4.78, 5) is 6.53. The van der Waals surface area contributed by atoms with Crippen LogP contribution in [0.5, 0.6) is 0 Å². The van der Waals surface area contributed by atoms with Crippen molar-refractivity contribution in [1.29, 1.82) is 0 Å². The quantitative estimate of drug-likeness (QED) is 0.429. The van der Waals surface area contributed by atoms with E-state index in [-0.39, 0.29) is 13.2 Å². The molecule has 29 heavy (non-hydrogen) atoms. The number of nitrogens with zero attached hydrogens (tertiary/aromatic N) is 2. The number of hydrogen-bond acceptors (Lipinski definition) is 4. The standard InChI is InChI=1S/C23H29N3O3/c1-3-24-23(25-14-20(27)17-28-16-18-9-5-4-6-10-18)26(2)15-21-13-19-11-7-8-12-22(19)29-21/h4-13,20,27H,3,14-17H2,1-2H3,(H,24,25). The third kappa shape index (κ3) is 6.34. The predicted octanol–water partition coefficient (Wildman–Crippen LogP) is 3.41. The second-order valence-corrected chi connectivity index (χ2v) is 6.96. The molecule has 0 fully saturated rings. The molecule has 3 rings (SSSR count). The monoisotopic (exact) mass is 395 g/mol. The molecule has 0 saturated heterocycles. The van der Waals surface area contributed by atoms with Crippen molar-refractivity contribution in [2.75, 3.05) is 26.7 Å². The van der Waals surface area contributed by atoms with E-state index in [1.807, 2.05) is 79.5 Å². The van der Waals surface area contributed by atoms with Crippen molar-refractivity contribution < 1.29 is 14.3 Å². The van der Waals surface area contributed by atoms with Crippen molar-refractivity contribution in [3.05, 3.63) is 72.0 Å². The Bertz CT molecular complexity index is 875. The number of fused-ring (bicyclic) bond motifs is 1. The molecule has 1 atom stereocenters. The highest BCUT2D eigenvalue weighted by Gasteiger charge is 2.11. The summed E-state index contributed by atoms with van der Waals surface area (Å²) in [5.74, 6) is 1.58. The maximum absolute atomic E-state index is 10.2. The molecule has 0 radical (unpaired) electrons. The second-order valence-electron chi connectivity index (χ2n) is 6.96. The Morgan fingerprint density at radius 2 is 1.93 bits per heavy atom. The number of rotatable bonds is 9. The average molecular weight is 396 g/mol. The maximum atomic E-state index is 10.2. The number of benzene rings is 2. The zero-order valence-corrected chi connectivity index (χ0v) is 17.0. The SMILES string of the molecule is CCNC(=NCC(O)COCc1ccccc1)N(C)Cc1cc2ccccc2o1. The zero-order valence-electron chi connectivity index (χ0n) is 17.0. The van der Waals surface area contributed by atoms with E-state index in [4.69, 9.17) is 9.15 Å². The molecule has 2 aromatic carbocycles. The van der Waals surface area contributed by atoms with Gasteiger partial charge in [-0.25, -0.2) is 0 Å². The summed E-state index contributed by atoms with van der Waals surface area (Å²) in [6.07, 6.45) is -0.660. The van der Waals surface area contributed by atoms with Gasteiger partial charge >= 0.3 is 0 Å². The van der Waals surface area contributed by atoms with Gasteiger partial charge in [0.05, 0.1) is 32.4 Å². The number of nitrogens with one attached hydrogen (secondary N) is 1. The number of furan rings is 1. The van der Waals surface area contributed by atoms with Gasteiger partial charge in [-0.1, -0.05) is 48.5 Å². The van der Waals surface area contributed by atoms with Gasteiger partial charge in [0.1, 0.15) is 11.3 Å². The molecule has 1 unspecified atom stereocenters. The minimum atomic E-state index is -0.660. The van der Waals surface area contributed by atoms with Gasteiger partial charge in [0.15, 0.2) is 5.96 Å². The van der Waals surface area contributed by atoms with Gasteiger partial charge < -0.3 is 24.5 Å². The number of para-hydroxylation sites is 1. The minimum Gasteiger partial charge on any atom is -0.459 e. The van der Waals surface area contributed by atoms with Crippen molar-refractivity contribution in [3.63, 3.8) is 0 Å². The maximum Gasteiger partial charge on any atom is 0.194 e. The van der Waals surface area contributed by atoms with Crippen molar-refractivity contribution >= 4 is 16.9 Å². The first-order chi connectivity index (χ1) is 14.2. The van der Waals surface area contributed by atoms with Gasteiger partial charge in [-0.05, 0) is 24.6 Å². The summed E-state index contributed by atoms with van der Waals surface area (Å²) >= 11 is 0. The highest BCUT2D eigenvalue weighted by atomic mass is 16.5. The Morgan fingerprint density at radius 3 is 2.69 bits per heavy atom. The van der Waals surface area contributed by atoms with E-state index >= 15 is 0 Å². The Hall–Kier alpha value is -2.83. The molecule has 0 aliphatic heterocycles. The van der Waals surface area contributed by atoms with Crippen molar-refractivity contribution in [1.82, 2.24) is 10.2 Å². The third-order valence-corrected chi connectivity index (χ3v) is 4.44. The molecule has 154 valence electrons.